The number of aromatic nitrogens is 3. The van der Waals surface area contributed by atoms with Gasteiger partial charge in [-0.25, -0.2) is 9.97 Å². The van der Waals surface area contributed by atoms with Gasteiger partial charge in [0.05, 0.1) is 30.4 Å². The van der Waals surface area contributed by atoms with Gasteiger partial charge in [0, 0.05) is 39.3 Å². The van der Waals surface area contributed by atoms with E-state index in [0.717, 1.165) is 63.3 Å². The average molecular weight is 425 g/mol. The van der Waals surface area contributed by atoms with Crippen LogP contribution in [0.3, 0.4) is 0 Å². The van der Waals surface area contributed by atoms with Gasteiger partial charge in [0.1, 0.15) is 16.9 Å². The Kier molecular flexibility index (Phi) is 5.71. The first kappa shape index (κ1) is 20.2. The molecule has 0 radical (unpaired) electrons. The molecule has 2 aliphatic heterocycles. The number of fused-ring (bicyclic) bond motifs is 2. The van der Waals surface area contributed by atoms with Crippen molar-refractivity contribution < 1.29 is 14.3 Å². The summed E-state index contributed by atoms with van der Waals surface area (Å²) in [5.41, 5.74) is 9.64. The quantitative estimate of drug-likeness (QED) is 0.616. The number of nitrogens with one attached hydrogen (secondary N) is 1. The number of nitrogens with two attached hydrogens (primary N) is 1. The summed E-state index contributed by atoms with van der Waals surface area (Å²) in [6.45, 7) is 5.93. The largest absolute Gasteiger partial charge is 0.384 e. The summed E-state index contributed by atoms with van der Waals surface area (Å²) < 4.78 is 13.0. The van der Waals surface area contributed by atoms with Crippen molar-refractivity contribution in [3.05, 3.63) is 29.8 Å². The number of ether oxygens (including phenoxy) is 2. The van der Waals surface area contributed by atoms with Crippen LogP contribution in [-0.4, -0.2) is 77.4 Å². The summed E-state index contributed by atoms with van der Waals surface area (Å²) in [6.07, 6.45) is 2.05. The highest BCUT2D eigenvalue weighted by atomic mass is 16.5. The van der Waals surface area contributed by atoms with E-state index in [1.54, 1.807) is 0 Å². The van der Waals surface area contributed by atoms with E-state index >= 15 is 0 Å². The number of hydrogen-bond donors (Lipinski definition) is 2. The Morgan fingerprint density at radius 1 is 1.13 bits per heavy atom. The molecule has 1 amide bonds. The summed E-state index contributed by atoms with van der Waals surface area (Å²) in [5, 5.41) is 2.99. The lowest BCUT2D eigenvalue weighted by molar-refractivity contribution is 0.0366. The van der Waals surface area contributed by atoms with Crippen LogP contribution >= 0.6 is 0 Å². The Morgan fingerprint density at radius 2 is 1.90 bits per heavy atom. The van der Waals surface area contributed by atoms with Crippen molar-refractivity contribution in [1.82, 2.24) is 24.8 Å². The van der Waals surface area contributed by atoms with E-state index in [2.05, 4.69) is 10.2 Å². The number of carbonyl (C=O) groups excluding carboxylic acids is 1. The second-order valence-corrected chi connectivity index (χ2v) is 8.10. The molecule has 9 heteroatoms. The van der Waals surface area contributed by atoms with Crippen LogP contribution in [0.2, 0.25) is 0 Å². The van der Waals surface area contributed by atoms with Crippen LogP contribution in [0.5, 0.6) is 0 Å². The molecule has 3 N–H and O–H groups in total. The Labute approximate surface area is 180 Å². The highest BCUT2D eigenvalue weighted by molar-refractivity contribution is 6.10. The molecule has 2 fully saturated rings. The van der Waals surface area contributed by atoms with Crippen molar-refractivity contribution in [3.63, 3.8) is 0 Å². The Hall–Kier alpha value is -2.75. The second-order valence-electron chi connectivity index (χ2n) is 8.10. The number of nitrogen functional groups attached to an aromatic ring is 1. The fraction of sp³-hybridized carbons (Fsp3) is 0.500. The zero-order valence-corrected chi connectivity index (χ0v) is 17.5. The standard InChI is InChI=1S/C22H28N6O3/c23-20-18(22(29)24-14-15-4-3-11-31-15)19-21(26-17-6-2-1-5-16(17)25-19)28(20)8-7-27-9-12-30-13-10-27/h1-2,5-6,15H,3-4,7-14,23H2,(H,24,29)/t15-/m0/s1. The molecular formula is C22H28N6O3. The molecule has 5 rings (SSSR count). The van der Waals surface area contributed by atoms with E-state index in [4.69, 9.17) is 25.2 Å². The molecule has 0 bridgehead atoms. The van der Waals surface area contributed by atoms with E-state index < -0.39 is 0 Å². The summed E-state index contributed by atoms with van der Waals surface area (Å²) in [7, 11) is 0. The fourth-order valence-electron chi connectivity index (χ4n) is 4.33. The SMILES string of the molecule is Nc1c(C(=O)NC[C@@H]2CCCO2)c2nc3ccccc3nc2n1CCN1CCOCC1. The lowest BCUT2D eigenvalue weighted by atomic mass is 10.2. The number of carbonyl (C=O) groups is 1. The number of hydrogen-bond acceptors (Lipinski definition) is 7. The Morgan fingerprint density at radius 3 is 2.65 bits per heavy atom. The number of rotatable bonds is 6. The molecule has 164 valence electrons. The van der Waals surface area contributed by atoms with E-state index in [1.165, 1.54) is 0 Å². The van der Waals surface area contributed by atoms with Crippen LogP contribution < -0.4 is 11.1 Å². The third kappa shape index (κ3) is 4.08. The first-order chi connectivity index (χ1) is 15.2. The molecule has 4 heterocycles. The van der Waals surface area contributed by atoms with Gasteiger partial charge in [-0.15, -0.1) is 0 Å². The van der Waals surface area contributed by atoms with Crippen LogP contribution in [0.1, 0.15) is 23.2 Å². The number of morpholine rings is 1. The minimum Gasteiger partial charge on any atom is -0.384 e. The summed E-state index contributed by atoms with van der Waals surface area (Å²) >= 11 is 0. The number of benzene rings is 1. The molecule has 1 aromatic carbocycles. The topological polar surface area (TPSA) is 108 Å². The molecule has 0 spiro atoms. The predicted molar refractivity (Wildman–Crippen MR) is 118 cm³/mol. The fourth-order valence-corrected chi connectivity index (χ4v) is 4.33. The highest BCUT2D eigenvalue weighted by Gasteiger charge is 2.25. The van der Waals surface area contributed by atoms with Gasteiger partial charge in [-0.05, 0) is 25.0 Å². The van der Waals surface area contributed by atoms with Gasteiger partial charge in [-0.2, -0.15) is 0 Å². The summed E-state index contributed by atoms with van der Waals surface area (Å²) in [6, 6.07) is 7.67. The van der Waals surface area contributed by atoms with Crippen LogP contribution in [0.15, 0.2) is 24.3 Å². The minimum atomic E-state index is -0.229. The molecule has 9 nitrogen and oxygen atoms in total. The molecule has 2 saturated heterocycles. The third-order valence-electron chi connectivity index (χ3n) is 6.08. The normalized spacial score (nSPS) is 19.9. The molecule has 0 unspecified atom stereocenters. The van der Waals surface area contributed by atoms with E-state index in [0.29, 0.717) is 35.6 Å². The second kappa shape index (κ2) is 8.78. The van der Waals surface area contributed by atoms with Gasteiger partial charge >= 0.3 is 0 Å². The van der Waals surface area contributed by atoms with Gasteiger partial charge in [-0.1, -0.05) is 12.1 Å². The van der Waals surface area contributed by atoms with Gasteiger partial charge in [0.2, 0.25) is 0 Å². The van der Waals surface area contributed by atoms with Gasteiger partial charge in [0.25, 0.3) is 5.91 Å². The molecule has 3 aromatic rings. The Bertz CT molecular complexity index is 1090. The molecule has 2 aliphatic rings. The molecule has 2 aromatic heterocycles. The minimum absolute atomic E-state index is 0.0618. The predicted octanol–water partition coefficient (Wildman–Crippen LogP) is 1.41. The Balaban J connectivity index is 1.49. The zero-order valence-electron chi connectivity index (χ0n) is 17.5. The maximum atomic E-state index is 13.1. The molecule has 0 saturated carbocycles. The van der Waals surface area contributed by atoms with Crippen LogP contribution in [0.4, 0.5) is 5.82 Å². The zero-order chi connectivity index (χ0) is 21.2. The van der Waals surface area contributed by atoms with E-state index in [1.807, 2.05) is 28.8 Å². The summed E-state index contributed by atoms with van der Waals surface area (Å²) in [5.74, 6) is 0.177. The maximum Gasteiger partial charge on any atom is 0.257 e. The first-order valence-corrected chi connectivity index (χ1v) is 10.9. The van der Waals surface area contributed by atoms with Crippen molar-refractivity contribution in [2.75, 3.05) is 51.7 Å². The molecule has 0 aliphatic carbocycles. The van der Waals surface area contributed by atoms with Crippen molar-refractivity contribution in [1.29, 1.82) is 0 Å². The third-order valence-corrected chi connectivity index (χ3v) is 6.08. The molecular weight excluding hydrogens is 396 g/mol. The smallest absolute Gasteiger partial charge is 0.257 e. The van der Waals surface area contributed by atoms with Gasteiger partial charge < -0.3 is 25.1 Å². The van der Waals surface area contributed by atoms with Crippen LogP contribution in [0.25, 0.3) is 22.2 Å². The van der Waals surface area contributed by atoms with Crippen molar-refractivity contribution >= 4 is 33.9 Å². The number of anilines is 1. The number of amides is 1. The monoisotopic (exact) mass is 424 g/mol. The van der Waals surface area contributed by atoms with Crippen LogP contribution in [-0.2, 0) is 16.0 Å². The first-order valence-electron chi connectivity index (χ1n) is 10.9. The summed E-state index contributed by atoms with van der Waals surface area (Å²) in [4.78, 5) is 25.1. The van der Waals surface area contributed by atoms with Crippen LogP contribution in [0, 0.1) is 0 Å². The van der Waals surface area contributed by atoms with E-state index in [9.17, 15) is 4.79 Å². The average Bonchev–Trinajstić information content (AvgIpc) is 3.41. The highest BCUT2D eigenvalue weighted by Crippen LogP contribution is 2.28. The van der Waals surface area contributed by atoms with Crippen molar-refractivity contribution in [2.24, 2.45) is 0 Å². The van der Waals surface area contributed by atoms with Gasteiger partial charge in [0.15, 0.2) is 5.65 Å². The maximum absolute atomic E-state index is 13.1. The number of nitrogens with zero attached hydrogens (tertiary/aromatic N) is 4. The molecule has 1 atom stereocenters. The van der Waals surface area contributed by atoms with Gasteiger partial charge in [-0.3, -0.25) is 9.69 Å². The lowest BCUT2D eigenvalue weighted by Gasteiger charge is -2.26. The van der Waals surface area contributed by atoms with Crippen molar-refractivity contribution in [2.45, 2.75) is 25.5 Å². The van der Waals surface area contributed by atoms with Crippen molar-refractivity contribution in [3.8, 4) is 0 Å². The lowest BCUT2D eigenvalue weighted by Crippen LogP contribution is -2.38. The van der Waals surface area contributed by atoms with E-state index in [-0.39, 0.29) is 12.0 Å². The number of para-hydroxylation sites is 2. The molecule has 31 heavy (non-hydrogen) atoms.